The van der Waals surface area contributed by atoms with Gasteiger partial charge in [-0.05, 0) is 19.4 Å². The second-order valence-corrected chi connectivity index (χ2v) is 6.16. The molecular weight excluding hydrogens is 338 g/mol. The Labute approximate surface area is 153 Å². The van der Waals surface area contributed by atoms with E-state index in [1.165, 1.54) is 6.92 Å². The molecule has 26 heavy (non-hydrogen) atoms. The highest BCUT2D eigenvalue weighted by molar-refractivity contribution is 5.73. The van der Waals surface area contributed by atoms with Crippen molar-refractivity contribution < 1.29 is 29.2 Å². The fourth-order valence-corrected chi connectivity index (χ4v) is 2.52. The number of hydrogen-bond donors (Lipinski definition) is 3. The lowest BCUT2D eigenvalue weighted by Crippen LogP contribution is -2.48. The maximum absolute atomic E-state index is 11.3. The summed E-state index contributed by atoms with van der Waals surface area (Å²) in [5, 5.41) is 12.0. The van der Waals surface area contributed by atoms with Crippen molar-refractivity contribution in [2.24, 2.45) is 0 Å². The Morgan fingerprint density at radius 3 is 2.96 bits per heavy atom. The van der Waals surface area contributed by atoms with Crippen LogP contribution in [-0.2, 0) is 25.7 Å². The molecule has 1 aromatic rings. The first kappa shape index (κ1) is 20.5. The quantitative estimate of drug-likeness (QED) is 0.306. The fourth-order valence-electron chi connectivity index (χ4n) is 2.52. The molecule has 8 heteroatoms. The molecule has 0 spiro atoms. The molecule has 0 aliphatic carbocycles. The Morgan fingerprint density at radius 1 is 1.38 bits per heavy atom. The van der Waals surface area contributed by atoms with Crippen molar-refractivity contribution >= 4 is 5.91 Å². The summed E-state index contributed by atoms with van der Waals surface area (Å²) in [6, 6.07) is 1.69. The van der Waals surface area contributed by atoms with Crippen LogP contribution in [0.5, 0.6) is 0 Å². The molecule has 1 amide bonds. The predicted octanol–water partition coefficient (Wildman–Crippen LogP) is 0.0151. The van der Waals surface area contributed by atoms with Crippen LogP contribution in [0.15, 0.2) is 30.6 Å². The van der Waals surface area contributed by atoms with Crippen molar-refractivity contribution in [1.29, 1.82) is 0 Å². The number of H-pyrrole nitrogens is 1. The number of aryl methyl sites for hydroxylation is 1. The Balaban J connectivity index is 1.63. The van der Waals surface area contributed by atoms with Gasteiger partial charge in [0.15, 0.2) is 18.7 Å². The molecule has 0 radical (unpaired) electrons. The number of aliphatic hydroxyl groups is 1. The zero-order valence-corrected chi connectivity index (χ0v) is 15.2. The molecule has 144 valence electrons. The van der Waals surface area contributed by atoms with Crippen molar-refractivity contribution in [3.63, 3.8) is 0 Å². The predicted molar refractivity (Wildman–Crippen MR) is 93.6 cm³/mol. The zero-order valence-electron chi connectivity index (χ0n) is 15.2. The number of hydroxylamine groups is 1. The molecule has 2 rings (SSSR count). The van der Waals surface area contributed by atoms with Gasteiger partial charge in [-0.2, -0.15) is 0 Å². The van der Waals surface area contributed by atoms with Crippen LogP contribution in [0.3, 0.4) is 0 Å². The summed E-state index contributed by atoms with van der Waals surface area (Å²) in [4.78, 5) is 19.7. The molecule has 0 saturated heterocycles. The summed E-state index contributed by atoms with van der Waals surface area (Å²) in [7, 11) is 0. The van der Waals surface area contributed by atoms with Gasteiger partial charge in [-0.1, -0.05) is 12.2 Å². The second-order valence-electron chi connectivity index (χ2n) is 6.16. The standard InChI is InChI=1S/C18H27N3O5/c1-13-8-15(10-19-9-13)12-25-20-6-3-7-24-18-17(21-14(2)23)5-4-16(11-22)26-18/h4-5,8-10,16-18,20,22H,3,6-7,11-12H2,1-2H3,(H,21,23)/p+1/t16?,17?,18-/m1/s1. The largest absolute Gasteiger partial charge is 0.393 e. The first-order valence-corrected chi connectivity index (χ1v) is 8.73. The van der Waals surface area contributed by atoms with Crippen LogP contribution in [-0.4, -0.2) is 49.2 Å². The van der Waals surface area contributed by atoms with Gasteiger partial charge in [-0.3, -0.25) is 9.63 Å². The smallest absolute Gasteiger partial charge is 0.217 e. The molecule has 0 saturated carbocycles. The highest BCUT2D eigenvalue weighted by Gasteiger charge is 2.28. The zero-order chi connectivity index (χ0) is 18.8. The topological polar surface area (TPSA) is 103 Å². The number of aromatic nitrogens is 1. The third-order valence-corrected chi connectivity index (χ3v) is 3.72. The average Bonchev–Trinajstić information content (AvgIpc) is 2.61. The third-order valence-electron chi connectivity index (χ3n) is 3.72. The maximum atomic E-state index is 11.3. The Kier molecular flexibility index (Phi) is 8.66. The van der Waals surface area contributed by atoms with E-state index in [1.54, 1.807) is 12.2 Å². The van der Waals surface area contributed by atoms with Crippen molar-refractivity contribution in [2.45, 2.75) is 45.3 Å². The summed E-state index contributed by atoms with van der Waals surface area (Å²) in [6.45, 7) is 4.85. The number of carbonyl (C=O) groups is 1. The summed E-state index contributed by atoms with van der Waals surface area (Å²) < 4.78 is 11.3. The van der Waals surface area contributed by atoms with Gasteiger partial charge in [0.25, 0.3) is 0 Å². The van der Waals surface area contributed by atoms with Crippen LogP contribution in [0.25, 0.3) is 0 Å². The van der Waals surface area contributed by atoms with Crippen LogP contribution in [0.1, 0.15) is 24.5 Å². The third kappa shape index (κ3) is 7.19. The normalized spacial score (nSPS) is 22.3. The summed E-state index contributed by atoms with van der Waals surface area (Å²) in [5.41, 5.74) is 5.10. The average molecular weight is 366 g/mol. The van der Waals surface area contributed by atoms with E-state index in [4.69, 9.17) is 14.3 Å². The van der Waals surface area contributed by atoms with Crippen LogP contribution >= 0.6 is 0 Å². The summed E-state index contributed by atoms with van der Waals surface area (Å²) in [6.07, 6.45) is 7.00. The fraction of sp³-hybridized carbons (Fsp3) is 0.556. The Morgan fingerprint density at radius 2 is 2.23 bits per heavy atom. The van der Waals surface area contributed by atoms with Gasteiger partial charge in [-0.25, -0.2) is 10.5 Å². The molecule has 0 aromatic carbocycles. The number of ether oxygens (including phenoxy) is 2. The highest BCUT2D eigenvalue weighted by Crippen LogP contribution is 2.14. The minimum Gasteiger partial charge on any atom is -0.393 e. The molecule has 4 N–H and O–H groups in total. The van der Waals surface area contributed by atoms with Gasteiger partial charge in [0.05, 0.1) is 25.9 Å². The lowest BCUT2D eigenvalue weighted by atomic mass is 10.1. The maximum Gasteiger partial charge on any atom is 0.217 e. The van der Waals surface area contributed by atoms with Gasteiger partial charge < -0.3 is 19.9 Å². The van der Waals surface area contributed by atoms with E-state index in [0.717, 1.165) is 11.1 Å². The number of rotatable bonds is 10. The van der Waals surface area contributed by atoms with E-state index in [-0.39, 0.29) is 18.6 Å². The van der Waals surface area contributed by atoms with Crippen molar-refractivity contribution in [1.82, 2.24) is 10.8 Å². The summed E-state index contributed by atoms with van der Waals surface area (Å²) in [5.74, 6) is -0.164. The van der Waals surface area contributed by atoms with Crippen LogP contribution in [0.4, 0.5) is 0 Å². The number of carbonyl (C=O) groups excluding carboxylic acids is 1. The van der Waals surface area contributed by atoms with Gasteiger partial charge >= 0.3 is 0 Å². The van der Waals surface area contributed by atoms with E-state index in [0.29, 0.717) is 26.2 Å². The highest BCUT2D eigenvalue weighted by atomic mass is 16.7. The number of pyridine rings is 1. The number of aromatic amines is 1. The monoisotopic (exact) mass is 366 g/mol. The first-order chi connectivity index (χ1) is 12.6. The molecule has 1 aliphatic rings. The van der Waals surface area contributed by atoms with E-state index in [2.05, 4.69) is 21.8 Å². The molecule has 1 aromatic heterocycles. The molecule has 0 fully saturated rings. The number of hydrogen-bond acceptors (Lipinski definition) is 6. The van der Waals surface area contributed by atoms with E-state index < -0.39 is 12.4 Å². The SMILES string of the molecule is CC(=O)NC1C=CC(CO)O[C@H]1OCCCNOCc1c[nH+]cc(C)c1. The van der Waals surface area contributed by atoms with Crippen LogP contribution in [0.2, 0.25) is 0 Å². The lowest BCUT2D eigenvalue weighted by molar-refractivity contribution is -0.379. The van der Waals surface area contributed by atoms with E-state index in [1.807, 2.05) is 19.3 Å². The minimum atomic E-state index is -0.621. The molecule has 0 bridgehead atoms. The number of aliphatic hydroxyl groups excluding tert-OH is 1. The minimum absolute atomic E-state index is 0.130. The van der Waals surface area contributed by atoms with Crippen molar-refractivity contribution in [2.75, 3.05) is 19.8 Å². The van der Waals surface area contributed by atoms with Gasteiger partial charge in [0, 0.05) is 24.6 Å². The second kappa shape index (κ2) is 11.0. The molecule has 3 atom stereocenters. The molecule has 1 aliphatic heterocycles. The van der Waals surface area contributed by atoms with Crippen molar-refractivity contribution in [3.05, 3.63) is 41.7 Å². The molecule has 2 heterocycles. The lowest BCUT2D eigenvalue weighted by Gasteiger charge is -2.31. The van der Waals surface area contributed by atoms with Gasteiger partial charge in [0.2, 0.25) is 5.91 Å². The number of nitrogens with one attached hydrogen (secondary N) is 3. The molecular formula is C18H28N3O5+. The van der Waals surface area contributed by atoms with E-state index in [9.17, 15) is 9.90 Å². The van der Waals surface area contributed by atoms with Gasteiger partial charge in [0.1, 0.15) is 6.10 Å². The summed E-state index contributed by atoms with van der Waals surface area (Å²) >= 11 is 0. The Bertz CT molecular complexity index is 596. The van der Waals surface area contributed by atoms with Crippen LogP contribution in [0, 0.1) is 6.92 Å². The van der Waals surface area contributed by atoms with Crippen LogP contribution < -0.4 is 15.8 Å². The first-order valence-electron chi connectivity index (χ1n) is 8.73. The van der Waals surface area contributed by atoms with Crippen molar-refractivity contribution in [3.8, 4) is 0 Å². The molecule has 2 unspecified atom stereocenters. The Hall–Kier alpha value is -1.84. The van der Waals surface area contributed by atoms with Gasteiger partial charge in [-0.15, -0.1) is 0 Å². The number of amides is 1. The molecule has 8 nitrogen and oxygen atoms in total. The van der Waals surface area contributed by atoms with E-state index >= 15 is 0 Å².